The topological polar surface area (TPSA) is 70.2 Å². The van der Waals surface area contributed by atoms with E-state index in [2.05, 4.69) is 37.6 Å². The Bertz CT molecular complexity index is 1260. The van der Waals surface area contributed by atoms with Gasteiger partial charge < -0.3 is 10.6 Å². The van der Waals surface area contributed by atoms with Gasteiger partial charge in [0.2, 0.25) is 0 Å². The fourth-order valence-electron chi connectivity index (χ4n) is 4.09. The summed E-state index contributed by atoms with van der Waals surface area (Å²) in [7, 11) is 0. The van der Waals surface area contributed by atoms with Crippen LogP contribution < -0.4 is 10.6 Å². The van der Waals surface area contributed by atoms with Crippen LogP contribution in [0, 0.1) is 6.92 Å². The molecule has 0 unspecified atom stereocenters. The Morgan fingerprint density at radius 2 is 1.91 bits per heavy atom. The molecule has 0 spiro atoms. The molecule has 2 aromatic carbocycles. The quantitative estimate of drug-likeness (QED) is 0.342. The van der Waals surface area contributed by atoms with Crippen LogP contribution in [0.25, 0.3) is 11.3 Å². The van der Waals surface area contributed by atoms with Crippen molar-refractivity contribution in [3.05, 3.63) is 89.1 Å². The first-order valence-corrected chi connectivity index (χ1v) is 12.4. The van der Waals surface area contributed by atoms with E-state index in [-0.39, 0.29) is 5.91 Å². The van der Waals surface area contributed by atoms with E-state index in [0.717, 1.165) is 53.0 Å². The summed E-state index contributed by atoms with van der Waals surface area (Å²) < 4.78 is 0. The zero-order chi connectivity index (χ0) is 23.3. The van der Waals surface area contributed by atoms with E-state index >= 15 is 0 Å². The summed E-state index contributed by atoms with van der Waals surface area (Å²) in [5.41, 5.74) is 6.49. The maximum absolute atomic E-state index is 12.8. The molecule has 34 heavy (non-hydrogen) atoms. The molecule has 5 rings (SSSR count). The summed E-state index contributed by atoms with van der Waals surface area (Å²) in [5.74, 6) is -0.115. The number of aromatic nitrogens is 2. The molecule has 0 radical (unpaired) electrons. The Morgan fingerprint density at radius 3 is 2.68 bits per heavy atom. The highest BCUT2D eigenvalue weighted by Gasteiger charge is 2.13. The first-order chi connectivity index (χ1) is 16.6. The van der Waals surface area contributed by atoms with Crippen LogP contribution in [0.4, 0.5) is 16.5 Å². The zero-order valence-electron chi connectivity index (χ0n) is 19.1. The van der Waals surface area contributed by atoms with Crippen molar-refractivity contribution >= 4 is 33.8 Å². The van der Waals surface area contributed by atoms with E-state index in [9.17, 15) is 4.79 Å². The lowest BCUT2D eigenvalue weighted by molar-refractivity contribution is 0.102. The summed E-state index contributed by atoms with van der Waals surface area (Å²) in [4.78, 5) is 24.1. The Hall–Kier alpha value is -3.55. The number of thiazole rings is 1. The van der Waals surface area contributed by atoms with Crippen molar-refractivity contribution in [3.8, 4) is 11.3 Å². The van der Waals surface area contributed by atoms with Crippen LogP contribution in [0.2, 0.25) is 0 Å². The van der Waals surface area contributed by atoms with E-state index in [4.69, 9.17) is 0 Å². The Morgan fingerprint density at radius 1 is 1.09 bits per heavy atom. The molecule has 1 aliphatic heterocycles. The fraction of sp³-hybridized carbons (Fsp3) is 0.222. The number of amides is 1. The summed E-state index contributed by atoms with van der Waals surface area (Å²) in [5, 5.41) is 9.21. The molecule has 1 fully saturated rings. The highest BCUT2D eigenvalue weighted by Crippen LogP contribution is 2.29. The maximum Gasteiger partial charge on any atom is 0.255 e. The average molecular weight is 470 g/mol. The van der Waals surface area contributed by atoms with Crippen molar-refractivity contribution in [2.75, 3.05) is 23.7 Å². The van der Waals surface area contributed by atoms with Crippen molar-refractivity contribution in [1.82, 2.24) is 14.9 Å². The summed E-state index contributed by atoms with van der Waals surface area (Å²) in [6, 6.07) is 17.7. The summed E-state index contributed by atoms with van der Waals surface area (Å²) in [6.07, 6.45) is 6.12. The molecule has 0 saturated carbocycles. The lowest BCUT2D eigenvalue weighted by atomic mass is 10.1. The molecule has 7 heteroatoms. The van der Waals surface area contributed by atoms with E-state index in [1.54, 1.807) is 12.4 Å². The lowest BCUT2D eigenvalue weighted by Gasteiger charge is -2.15. The number of anilines is 3. The molecule has 2 N–H and O–H groups in total. The minimum atomic E-state index is -0.115. The Balaban J connectivity index is 1.24. The van der Waals surface area contributed by atoms with E-state index in [0.29, 0.717) is 5.56 Å². The largest absolute Gasteiger partial charge is 0.331 e. The van der Waals surface area contributed by atoms with Gasteiger partial charge in [-0.05, 0) is 80.4 Å². The molecule has 3 heterocycles. The number of rotatable bonds is 7. The third-order valence-electron chi connectivity index (χ3n) is 6.02. The second-order valence-corrected chi connectivity index (χ2v) is 9.43. The Kier molecular flexibility index (Phi) is 6.65. The van der Waals surface area contributed by atoms with Gasteiger partial charge in [-0.15, -0.1) is 11.3 Å². The molecule has 1 aliphatic rings. The van der Waals surface area contributed by atoms with Gasteiger partial charge in [0.05, 0.1) is 5.69 Å². The molecule has 0 bridgehead atoms. The zero-order valence-corrected chi connectivity index (χ0v) is 19.9. The molecule has 0 atom stereocenters. The number of carbonyl (C=O) groups excluding carboxylic acids is 1. The van der Waals surface area contributed by atoms with Crippen LogP contribution in [0.5, 0.6) is 0 Å². The molecule has 1 amide bonds. The highest BCUT2D eigenvalue weighted by molar-refractivity contribution is 7.14. The van der Waals surface area contributed by atoms with Crippen LogP contribution >= 0.6 is 11.3 Å². The third kappa shape index (κ3) is 5.32. The number of benzene rings is 2. The predicted octanol–water partition coefficient (Wildman–Crippen LogP) is 6.11. The fourth-order valence-corrected chi connectivity index (χ4v) is 4.82. The number of hydrogen-bond acceptors (Lipinski definition) is 6. The second-order valence-electron chi connectivity index (χ2n) is 8.57. The molecule has 172 valence electrons. The van der Waals surface area contributed by atoms with Crippen LogP contribution in [0.1, 0.15) is 34.3 Å². The molecule has 1 saturated heterocycles. The summed E-state index contributed by atoms with van der Waals surface area (Å²) >= 11 is 1.54. The Labute approximate surface area is 203 Å². The SMILES string of the molecule is Cc1ccc(NC(=O)c2ccc(CN3CCCC3)cc2)cc1Nc1nc(-c2cccnc2)cs1. The smallest absolute Gasteiger partial charge is 0.255 e. The minimum Gasteiger partial charge on any atom is -0.331 e. The number of likely N-dealkylation sites (tertiary alicyclic amines) is 1. The first kappa shape index (κ1) is 22.3. The molecule has 6 nitrogen and oxygen atoms in total. The molecule has 4 aromatic rings. The van der Waals surface area contributed by atoms with Crippen molar-refractivity contribution in [2.24, 2.45) is 0 Å². The van der Waals surface area contributed by atoms with Crippen LogP contribution in [0.15, 0.2) is 72.4 Å². The van der Waals surface area contributed by atoms with Crippen LogP contribution in [0.3, 0.4) is 0 Å². The number of carbonyl (C=O) groups is 1. The van der Waals surface area contributed by atoms with Crippen LogP contribution in [-0.2, 0) is 6.54 Å². The van der Waals surface area contributed by atoms with Gasteiger partial charge in [-0.3, -0.25) is 14.7 Å². The van der Waals surface area contributed by atoms with E-state index < -0.39 is 0 Å². The standard InChI is InChI=1S/C27H27N5OS/c1-19-6-11-23(15-24(19)30-27-31-25(18-34-27)22-5-4-12-28-16-22)29-26(33)21-9-7-20(8-10-21)17-32-13-2-3-14-32/h4-12,15-16,18H,2-3,13-14,17H2,1H3,(H,29,33)(H,30,31). The highest BCUT2D eigenvalue weighted by atomic mass is 32.1. The van der Waals surface area contributed by atoms with E-state index in [1.165, 1.54) is 29.7 Å². The third-order valence-corrected chi connectivity index (χ3v) is 6.78. The van der Waals surface area contributed by atoms with Gasteiger partial charge in [-0.25, -0.2) is 4.98 Å². The maximum atomic E-state index is 12.8. The van der Waals surface area contributed by atoms with Gasteiger partial charge in [0.25, 0.3) is 5.91 Å². The minimum absolute atomic E-state index is 0.115. The normalized spacial score (nSPS) is 13.7. The molecule has 0 aliphatic carbocycles. The molecular weight excluding hydrogens is 442 g/mol. The number of hydrogen-bond donors (Lipinski definition) is 2. The van der Waals surface area contributed by atoms with Crippen molar-refractivity contribution in [2.45, 2.75) is 26.3 Å². The lowest BCUT2D eigenvalue weighted by Crippen LogP contribution is -2.18. The van der Waals surface area contributed by atoms with Gasteiger partial charge >= 0.3 is 0 Å². The molecular formula is C27H27N5OS. The van der Waals surface area contributed by atoms with Crippen molar-refractivity contribution < 1.29 is 4.79 Å². The van der Waals surface area contributed by atoms with E-state index in [1.807, 2.05) is 54.8 Å². The van der Waals surface area contributed by atoms with Crippen molar-refractivity contribution in [3.63, 3.8) is 0 Å². The molecule has 2 aromatic heterocycles. The summed E-state index contributed by atoms with van der Waals surface area (Å²) in [6.45, 7) is 5.31. The monoisotopic (exact) mass is 469 g/mol. The van der Waals surface area contributed by atoms with Gasteiger partial charge in [0, 0.05) is 46.8 Å². The van der Waals surface area contributed by atoms with Crippen molar-refractivity contribution in [1.29, 1.82) is 0 Å². The van der Waals surface area contributed by atoms with Crippen LogP contribution in [-0.4, -0.2) is 33.9 Å². The number of nitrogens with one attached hydrogen (secondary N) is 2. The number of aryl methyl sites for hydroxylation is 1. The van der Waals surface area contributed by atoms with Gasteiger partial charge in [0.1, 0.15) is 0 Å². The predicted molar refractivity (Wildman–Crippen MR) is 139 cm³/mol. The van der Waals surface area contributed by atoms with Gasteiger partial charge in [0.15, 0.2) is 5.13 Å². The van der Waals surface area contributed by atoms with Gasteiger partial charge in [-0.2, -0.15) is 0 Å². The van der Waals surface area contributed by atoms with Gasteiger partial charge in [-0.1, -0.05) is 18.2 Å². The number of nitrogens with zero attached hydrogens (tertiary/aromatic N) is 3. The first-order valence-electron chi connectivity index (χ1n) is 11.5. The average Bonchev–Trinajstić information content (AvgIpc) is 3.55. The number of pyridine rings is 1. The second kappa shape index (κ2) is 10.2.